The molecule has 0 saturated carbocycles. The number of anilines is 1. The lowest BCUT2D eigenvalue weighted by atomic mass is 10.2. The van der Waals surface area contributed by atoms with Gasteiger partial charge in [0, 0.05) is 6.20 Å². The number of ether oxygens (including phenoxy) is 2. The summed E-state index contributed by atoms with van der Waals surface area (Å²) >= 11 is 0. The normalized spacial score (nSPS) is 10.2. The van der Waals surface area contributed by atoms with Crippen LogP contribution in [0.3, 0.4) is 0 Å². The molecular formula is C18H21N3O4. The Kier molecular flexibility index (Phi) is 6.33. The number of hydrogen-bond acceptors (Lipinski definition) is 5. The van der Waals surface area contributed by atoms with Gasteiger partial charge in [-0.2, -0.15) is 0 Å². The SMILES string of the molecule is COC(=O)c1ccc(OC(C)C)c(NC(=O)NCc2ccccn2)c1. The standard InChI is InChI=1S/C18H21N3O4/c1-12(2)25-16-8-7-13(17(22)24-3)10-15(16)21-18(23)20-11-14-6-4-5-9-19-14/h4-10,12H,11H2,1-3H3,(H2,20,21,23). The van der Waals surface area contributed by atoms with Crippen LogP contribution in [-0.4, -0.2) is 30.2 Å². The molecule has 0 bridgehead atoms. The molecule has 2 aromatic rings. The van der Waals surface area contributed by atoms with Crippen LogP contribution in [0.1, 0.15) is 29.9 Å². The van der Waals surface area contributed by atoms with Crippen LogP contribution >= 0.6 is 0 Å². The monoisotopic (exact) mass is 343 g/mol. The van der Waals surface area contributed by atoms with Gasteiger partial charge >= 0.3 is 12.0 Å². The van der Waals surface area contributed by atoms with Crippen LogP contribution < -0.4 is 15.4 Å². The van der Waals surface area contributed by atoms with Crippen molar-refractivity contribution in [2.45, 2.75) is 26.5 Å². The number of hydrogen-bond donors (Lipinski definition) is 2. The zero-order valence-corrected chi connectivity index (χ0v) is 14.4. The topological polar surface area (TPSA) is 89.5 Å². The number of esters is 1. The van der Waals surface area contributed by atoms with Crippen LogP contribution in [0.25, 0.3) is 0 Å². The first-order chi connectivity index (χ1) is 12.0. The molecule has 0 atom stereocenters. The van der Waals surface area contributed by atoms with Crippen LogP contribution in [0, 0.1) is 0 Å². The fourth-order valence-corrected chi connectivity index (χ4v) is 2.07. The van der Waals surface area contributed by atoms with Gasteiger partial charge in [0.15, 0.2) is 0 Å². The van der Waals surface area contributed by atoms with Crippen molar-refractivity contribution in [1.29, 1.82) is 0 Å². The summed E-state index contributed by atoms with van der Waals surface area (Å²) in [4.78, 5) is 28.0. The summed E-state index contributed by atoms with van der Waals surface area (Å²) in [6, 6.07) is 9.76. The molecule has 1 aromatic carbocycles. The van der Waals surface area contributed by atoms with E-state index in [1.807, 2.05) is 26.0 Å². The average Bonchev–Trinajstić information content (AvgIpc) is 2.61. The number of carbonyl (C=O) groups is 2. The van der Waals surface area contributed by atoms with Crippen molar-refractivity contribution in [3.8, 4) is 5.75 Å². The van der Waals surface area contributed by atoms with Gasteiger partial charge in [-0.3, -0.25) is 4.98 Å². The van der Waals surface area contributed by atoms with Crippen molar-refractivity contribution in [1.82, 2.24) is 10.3 Å². The van der Waals surface area contributed by atoms with Gasteiger partial charge in [-0.15, -0.1) is 0 Å². The molecule has 7 nitrogen and oxygen atoms in total. The molecule has 0 fully saturated rings. The molecule has 0 radical (unpaired) electrons. The lowest BCUT2D eigenvalue weighted by molar-refractivity contribution is 0.0600. The highest BCUT2D eigenvalue weighted by molar-refractivity contribution is 5.95. The zero-order chi connectivity index (χ0) is 18.2. The number of nitrogens with one attached hydrogen (secondary N) is 2. The van der Waals surface area contributed by atoms with E-state index in [0.717, 1.165) is 5.69 Å². The summed E-state index contributed by atoms with van der Waals surface area (Å²) in [5.41, 5.74) is 1.44. The second kappa shape index (κ2) is 8.68. The summed E-state index contributed by atoms with van der Waals surface area (Å²) in [6.45, 7) is 4.03. The molecule has 25 heavy (non-hydrogen) atoms. The predicted molar refractivity (Wildman–Crippen MR) is 93.6 cm³/mol. The third-order valence-electron chi connectivity index (χ3n) is 3.17. The van der Waals surface area contributed by atoms with Crippen molar-refractivity contribution in [3.63, 3.8) is 0 Å². The molecule has 0 aliphatic heterocycles. The van der Waals surface area contributed by atoms with Crippen molar-refractivity contribution in [3.05, 3.63) is 53.9 Å². The lowest BCUT2D eigenvalue weighted by Crippen LogP contribution is -2.29. The van der Waals surface area contributed by atoms with Gasteiger partial charge in [-0.25, -0.2) is 9.59 Å². The number of carbonyl (C=O) groups excluding carboxylic acids is 2. The van der Waals surface area contributed by atoms with Gasteiger partial charge in [0.05, 0.1) is 36.7 Å². The molecule has 0 saturated heterocycles. The molecular weight excluding hydrogens is 322 g/mol. The van der Waals surface area contributed by atoms with Crippen LogP contribution in [-0.2, 0) is 11.3 Å². The molecule has 2 rings (SSSR count). The Labute approximate surface area is 146 Å². The number of pyridine rings is 1. The summed E-state index contributed by atoms with van der Waals surface area (Å²) in [5, 5.41) is 5.40. The quantitative estimate of drug-likeness (QED) is 0.787. The smallest absolute Gasteiger partial charge is 0.337 e. The Bertz CT molecular complexity index is 732. The number of amides is 2. The molecule has 0 unspecified atom stereocenters. The Balaban J connectivity index is 2.11. The van der Waals surface area contributed by atoms with Gasteiger partial charge in [0.2, 0.25) is 0 Å². The Morgan fingerprint density at radius 1 is 1.20 bits per heavy atom. The predicted octanol–water partition coefficient (Wildman–Crippen LogP) is 2.98. The highest BCUT2D eigenvalue weighted by atomic mass is 16.5. The van der Waals surface area contributed by atoms with E-state index < -0.39 is 12.0 Å². The Morgan fingerprint density at radius 2 is 2.00 bits per heavy atom. The van der Waals surface area contributed by atoms with Crippen molar-refractivity contribution < 1.29 is 19.1 Å². The molecule has 0 aliphatic carbocycles. The Morgan fingerprint density at radius 3 is 2.64 bits per heavy atom. The summed E-state index contributed by atoms with van der Waals surface area (Å²) in [6.07, 6.45) is 1.57. The lowest BCUT2D eigenvalue weighted by Gasteiger charge is -2.16. The van der Waals surface area contributed by atoms with E-state index >= 15 is 0 Å². The van der Waals surface area contributed by atoms with E-state index in [9.17, 15) is 9.59 Å². The fraction of sp³-hybridized carbons (Fsp3) is 0.278. The maximum atomic E-state index is 12.2. The highest BCUT2D eigenvalue weighted by Crippen LogP contribution is 2.27. The van der Waals surface area contributed by atoms with Crippen LogP contribution in [0.15, 0.2) is 42.6 Å². The number of rotatable bonds is 6. The summed E-state index contributed by atoms with van der Waals surface area (Å²) in [5.74, 6) is -0.0244. The van der Waals surface area contributed by atoms with E-state index in [4.69, 9.17) is 9.47 Å². The first kappa shape index (κ1) is 18.3. The van der Waals surface area contributed by atoms with Gasteiger partial charge in [0.25, 0.3) is 0 Å². The number of aromatic nitrogens is 1. The van der Waals surface area contributed by atoms with Crippen LogP contribution in [0.2, 0.25) is 0 Å². The Hall–Kier alpha value is -3.09. The summed E-state index contributed by atoms with van der Waals surface area (Å²) < 4.78 is 10.4. The van der Waals surface area contributed by atoms with E-state index in [-0.39, 0.29) is 12.6 Å². The number of benzene rings is 1. The van der Waals surface area contributed by atoms with Gasteiger partial charge in [-0.05, 0) is 44.2 Å². The zero-order valence-electron chi connectivity index (χ0n) is 14.4. The van der Waals surface area contributed by atoms with E-state index in [1.165, 1.54) is 13.2 Å². The molecule has 132 valence electrons. The van der Waals surface area contributed by atoms with Gasteiger partial charge in [0.1, 0.15) is 5.75 Å². The maximum Gasteiger partial charge on any atom is 0.337 e. The van der Waals surface area contributed by atoms with E-state index in [0.29, 0.717) is 17.0 Å². The first-order valence-electron chi connectivity index (χ1n) is 7.83. The second-order valence-electron chi connectivity index (χ2n) is 5.50. The van der Waals surface area contributed by atoms with Crippen LogP contribution in [0.5, 0.6) is 5.75 Å². The van der Waals surface area contributed by atoms with Gasteiger partial charge in [-0.1, -0.05) is 6.07 Å². The minimum Gasteiger partial charge on any atom is -0.489 e. The fourth-order valence-electron chi connectivity index (χ4n) is 2.07. The largest absolute Gasteiger partial charge is 0.489 e. The maximum absolute atomic E-state index is 12.2. The number of methoxy groups -OCH3 is 1. The summed E-state index contributed by atoms with van der Waals surface area (Å²) in [7, 11) is 1.30. The molecule has 1 aromatic heterocycles. The minimum atomic E-state index is -0.493. The minimum absolute atomic E-state index is 0.0823. The highest BCUT2D eigenvalue weighted by Gasteiger charge is 2.14. The molecule has 0 aliphatic rings. The molecule has 2 amide bonds. The molecule has 2 N–H and O–H groups in total. The van der Waals surface area contributed by atoms with E-state index in [1.54, 1.807) is 24.4 Å². The van der Waals surface area contributed by atoms with Crippen molar-refractivity contribution in [2.24, 2.45) is 0 Å². The number of nitrogens with zero attached hydrogens (tertiary/aromatic N) is 1. The molecule has 7 heteroatoms. The molecule has 1 heterocycles. The van der Waals surface area contributed by atoms with E-state index in [2.05, 4.69) is 15.6 Å². The van der Waals surface area contributed by atoms with Crippen LogP contribution in [0.4, 0.5) is 10.5 Å². The average molecular weight is 343 g/mol. The molecule has 0 spiro atoms. The van der Waals surface area contributed by atoms with Crippen molar-refractivity contribution in [2.75, 3.05) is 12.4 Å². The first-order valence-corrected chi connectivity index (χ1v) is 7.83. The third kappa shape index (κ3) is 5.49. The second-order valence-corrected chi connectivity index (χ2v) is 5.50. The number of urea groups is 1. The van der Waals surface area contributed by atoms with Gasteiger partial charge < -0.3 is 20.1 Å². The third-order valence-corrected chi connectivity index (χ3v) is 3.17. The van der Waals surface area contributed by atoms with Crippen molar-refractivity contribution >= 4 is 17.7 Å².